The van der Waals surface area contributed by atoms with Crippen LogP contribution in [0.15, 0.2) is 30.3 Å². The van der Waals surface area contributed by atoms with Crippen LogP contribution in [0.5, 0.6) is 0 Å². The van der Waals surface area contributed by atoms with Gasteiger partial charge in [-0.15, -0.1) is 12.3 Å². The Bertz CT molecular complexity index is 492. The SMILES string of the molecule is C#CCC(CP(O)O)C(=O)OCC(=O)c1ccccc1. The number of terminal acetylenes is 1. The predicted molar refractivity (Wildman–Crippen MR) is 74.9 cm³/mol. The Morgan fingerprint density at radius 2 is 1.95 bits per heavy atom. The first-order chi connectivity index (χ1) is 9.54. The number of carbonyl (C=O) groups excluding carboxylic acids is 2. The summed E-state index contributed by atoms with van der Waals surface area (Å²) in [6.07, 6.45) is 4.99. The van der Waals surface area contributed by atoms with Crippen molar-refractivity contribution in [2.24, 2.45) is 5.92 Å². The van der Waals surface area contributed by atoms with Gasteiger partial charge in [0, 0.05) is 18.1 Å². The maximum Gasteiger partial charge on any atom is 0.310 e. The van der Waals surface area contributed by atoms with E-state index in [1.807, 2.05) is 0 Å². The van der Waals surface area contributed by atoms with E-state index in [1.165, 1.54) is 0 Å². The zero-order valence-electron chi connectivity index (χ0n) is 10.7. The minimum absolute atomic E-state index is 0.0400. The van der Waals surface area contributed by atoms with E-state index in [9.17, 15) is 9.59 Å². The molecule has 1 unspecified atom stereocenters. The van der Waals surface area contributed by atoms with Gasteiger partial charge in [0.15, 0.2) is 20.8 Å². The Hall–Kier alpha value is -1.73. The van der Waals surface area contributed by atoms with Crippen molar-refractivity contribution in [3.05, 3.63) is 35.9 Å². The average Bonchev–Trinajstić information content (AvgIpc) is 2.44. The number of benzene rings is 1. The summed E-state index contributed by atoms with van der Waals surface area (Å²) in [5, 5.41) is 0. The molecule has 0 spiro atoms. The molecule has 0 aromatic heterocycles. The van der Waals surface area contributed by atoms with Gasteiger partial charge in [-0.25, -0.2) is 0 Å². The molecule has 0 fully saturated rings. The zero-order chi connectivity index (χ0) is 15.0. The summed E-state index contributed by atoms with van der Waals surface area (Å²) in [5.74, 6) is 0.457. The number of Topliss-reactive ketones (excluding diaryl/α,β-unsaturated/α-hetero) is 1. The Morgan fingerprint density at radius 3 is 2.50 bits per heavy atom. The highest BCUT2D eigenvalue weighted by molar-refractivity contribution is 7.45. The van der Waals surface area contributed by atoms with Crippen molar-refractivity contribution < 1.29 is 24.1 Å². The van der Waals surface area contributed by atoms with Crippen LogP contribution in [-0.2, 0) is 9.53 Å². The van der Waals surface area contributed by atoms with Crippen LogP contribution in [0.1, 0.15) is 16.8 Å². The highest BCUT2D eigenvalue weighted by atomic mass is 31.2. The molecule has 1 aromatic rings. The smallest absolute Gasteiger partial charge is 0.310 e. The maximum absolute atomic E-state index is 11.7. The van der Waals surface area contributed by atoms with Crippen LogP contribution < -0.4 is 0 Å². The van der Waals surface area contributed by atoms with Crippen LogP contribution in [0, 0.1) is 18.3 Å². The summed E-state index contributed by atoms with van der Waals surface area (Å²) < 4.78 is 4.88. The summed E-state index contributed by atoms with van der Waals surface area (Å²) in [6.45, 7) is -0.390. The van der Waals surface area contributed by atoms with Gasteiger partial charge in [-0.3, -0.25) is 9.59 Å². The van der Waals surface area contributed by atoms with Crippen molar-refractivity contribution in [2.45, 2.75) is 6.42 Å². The van der Waals surface area contributed by atoms with Crippen molar-refractivity contribution in [1.29, 1.82) is 0 Å². The van der Waals surface area contributed by atoms with Gasteiger partial charge in [0.05, 0.1) is 5.92 Å². The Morgan fingerprint density at radius 1 is 1.30 bits per heavy atom. The van der Waals surface area contributed by atoms with E-state index >= 15 is 0 Å². The molecule has 1 aromatic carbocycles. The van der Waals surface area contributed by atoms with Gasteiger partial charge < -0.3 is 14.5 Å². The minimum Gasteiger partial charge on any atom is -0.457 e. The zero-order valence-corrected chi connectivity index (χ0v) is 11.6. The molecule has 0 radical (unpaired) electrons. The first-order valence-corrected chi connectivity index (χ1v) is 7.31. The molecule has 0 amide bonds. The van der Waals surface area contributed by atoms with Gasteiger partial charge in [0.25, 0.3) is 0 Å². The van der Waals surface area contributed by atoms with E-state index < -0.39 is 26.9 Å². The lowest BCUT2D eigenvalue weighted by Crippen LogP contribution is -2.23. The van der Waals surface area contributed by atoms with E-state index in [2.05, 4.69) is 5.92 Å². The van der Waals surface area contributed by atoms with Gasteiger partial charge in [0.2, 0.25) is 0 Å². The molecule has 6 heteroatoms. The highest BCUT2D eigenvalue weighted by Gasteiger charge is 2.23. The van der Waals surface area contributed by atoms with Crippen LogP contribution in [0.2, 0.25) is 0 Å². The van der Waals surface area contributed by atoms with Crippen LogP contribution in [0.3, 0.4) is 0 Å². The van der Waals surface area contributed by atoms with Crippen LogP contribution in [0.4, 0.5) is 0 Å². The third-order valence-electron chi connectivity index (χ3n) is 2.52. The predicted octanol–water partition coefficient (Wildman–Crippen LogP) is 1.35. The van der Waals surface area contributed by atoms with Crippen molar-refractivity contribution >= 4 is 20.1 Å². The van der Waals surface area contributed by atoms with Gasteiger partial charge >= 0.3 is 5.97 Å². The average molecular weight is 294 g/mol. The normalized spacial score (nSPS) is 11.7. The third kappa shape index (κ3) is 5.50. The summed E-state index contributed by atoms with van der Waals surface area (Å²) in [5.41, 5.74) is 0.445. The number of ketones is 1. The van der Waals surface area contributed by atoms with Crippen molar-refractivity contribution in [1.82, 2.24) is 0 Å². The summed E-state index contributed by atoms with van der Waals surface area (Å²) in [7, 11) is -2.24. The molecular weight excluding hydrogens is 279 g/mol. The van der Waals surface area contributed by atoms with Gasteiger partial charge in [-0.1, -0.05) is 30.3 Å². The molecular formula is C14H15O5P. The molecule has 0 bridgehead atoms. The highest BCUT2D eigenvalue weighted by Crippen LogP contribution is 2.28. The molecule has 0 saturated carbocycles. The van der Waals surface area contributed by atoms with Crippen LogP contribution in [-0.4, -0.2) is 34.3 Å². The fraction of sp³-hybridized carbons (Fsp3) is 0.286. The lowest BCUT2D eigenvalue weighted by Gasteiger charge is -2.13. The first-order valence-electron chi connectivity index (χ1n) is 5.88. The Kier molecular flexibility index (Phi) is 6.89. The number of esters is 1. The molecule has 0 saturated heterocycles. The summed E-state index contributed by atoms with van der Waals surface area (Å²) in [6, 6.07) is 8.43. The van der Waals surface area contributed by atoms with E-state index in [-0.39, 0.29) is 18.4 Å². The van der Waals surface area contributed by atoms with Crippen LogP contribution in [0.25, 0.3) is 0 Å². The summed E-state index contributed by atoms with van der Waals surface area (Å²) in [4.78, 5) is 41.3. The Labute approximate surface area is 118 Å². The second kappa shape index (κ2) is 8.44. The molecule has 5 nitrogen and oxygen atoms in total. The fourth-order valence-corrected chi connectivity index (χ4v) is 2.20. The molecule has 1 atom stereocenters. The molecule has 106 valence electrons. The topological polar surface area (TPSA) is 83.8 Å². The van der Waals surface area contributed by atoms with Crippen molar-refractivity contribution in [3.8, 4) is 12.3 Å². The van der Waals surface area contributed by atoms with E-state index in [0.717, 1.165) is 0 Å². The number of rotatable bonds is 7. The number of ether oxygens (including phenoxy) is 1. The minimum atomic E-state index is -2.24. The monoisotopic (exact) mass is 294 g/mol. The Balaban J connectivity index is 2.53. The largest absolute Gasteiger partial charge is 0.457 e. The second-order valence-corrected chi connectivity index (χ2v) is 5.17. The quantitative estimate of drug-likeness (QED) is 0.343. The van der Waals surface area contributed by atoms with Gasteiger partial charge in [-0.05, 0) is 0 Å². The lowest BCUT2D eigenvalue weighted by atomic mass is 10.1. The van der Waals surface area contributed by atoms with Gasteiger partial charge in [-0.2, -0.15) is 0 Å². The van der Waals surface area contributed by atoms with E-state index in [0.29, 0.717) is 5.56 Å². The van der Waals surface area contributed by atoms with Crippen LogP contribution >= 0.6 is 8.38 Å². The molecule has 0 aliphatic heterocycles. The number of hydrogen-bond donors (Lipinski definition) is 2. The maximum atomic E-state index is 11.7. The number of carbonyl (C=O) groups is 2. The third-order valence-corrected chi connectivity index (χ3v) is 3.29. The lowest BCUT2D eigenvalue weighted by molar-refractivity contribution is -0.146. The van der Waals surface area contributed by atoms with E-state index in [1.54, 1.807) is 30.3 Å². The molecule has 0 heterocycles. The first kappa shape index (κ1) is 16.3. The van der Waals surface area contributed by atoms with Crippen molar-refractivity contribution in [3.63, 3.8) is 0 Å². The number of hydrogen-bond acceptors (Lipinski definition) is 5. The molecule has 1 rings (SSSR count). The van der Waals surface area contributed by atoms with Crippen molar-refractivity contribution in [2.75, 3.05) is 12.8 Å². The molecule has 0 aliphatic carbocycles. The second-order valence-electron chi connectivity index (χ2n) is 4.06. The fourth-order valence-electron chi connectivity index (χ4n) is 1.52. The summed E-state index contributed by atoms with van der Waals surface area (Å²) >= 11 is 0. The van der Waals surface area contributed by atoms with E-state index in [4.69, 9.17) is 20.9 Å². The molecule has 0 aliphatic rings. The van der Waals surface area contributed by atoms with Gasteiger partial charge in [0.1, 0.15) is 0 Å². The molecule has 20 heavy (non-hydrogen) atoms. The molecule has 2 N–H and O–H groups in total. The standard InChI is InChI=1S/C14H15O5P/c1-2-6-12(10-20(17)18)14(16)19-9-13(15)11-7-4-3-5-8-11/h1,3-5,7-8,12,17-18H,6,9-10H2.